The van der Waals surface area contributed by atoms with Crippen molar-refractivity contribution in [3.05, 3.63) is 34.3 Å². The van der Waals surface area contributed by atoms with Gasteiger partial charge in [-0.25, -0.2) is 0 Å². The second kappa shape index (κ2) is 5.53. The summed E-state index contributed by atoms with van der Waals surface area (Å²) >= 11 is 6.00. The molecule has 2 heteroatoms. The van der Waals surface area contributed by atoms with Gasteiger partial charge in [0.15, 0.2) is 0 Å². The number of nitrogens with two attached hydrogens (primary N) is 1. The summed E-state index contributed by atoms with van der Waals surface area (Å²) in [5, 5.41) is 0.782. The monoisotopic (exact) mass is 225 g/mol. The molecule has 0 fully saturated rings. The van der Waals surface area contributed by atoms with E-state index < -0.39 is 0 Å². The third-order valence-corrected chi connectivity index (χ3v) is 2.77. The van der Waals surface area contributed by atoms with Gasteiger partial charge in [0.1, 0.15) is 0 Å². The quantitative estimate of drug-likeness (QED) is 0.821. The van der Waals surface area contributed by atoms with Gasteiger partial charge in [-0.05, 0) is 48.9 Å². The molecule has 1 atom stereocenters. The Labute approximate surface area is 97.6 Å². The summed E-state index contributed by atoms with van der Waals surface area (Å²) in [4.78, 5) is 0. The first-order chi connectivity index (χ1) is 6.99. The number of hydrogen-bond acceptors (Lipinski definition) is 1. The highest BCUT2D eigenvalue weighted by atomic mass is 35.5. The molecule has 84 valence electrons. The predicted molar refractivity (Wildman–Crippen MR) is 67.2 cm³/mol. The summed E-state index contributed by atoms with van der Waals surface area (Å²) in [6.07, 6.45) is 2.18. The summed E-state index contributed by atoms with van der Waals surface area (Å²) in [7, 11) is 0. The van der Waals surface area contributed by atoms with Gasteiger partial charge in [-0.15, -0.1) is 0 Å². The molecular weight excluding hydrogens is 206 g/mol. The molecule has 1 nitrogen and oxygen atoms in total. The van der Waals surface area contributed by atoms with Crippen LogP contribution in [-0.4, -0.2) is 0 Å². The third-order valence-electron chi connectivity index (χ3n) is 2.55. The molecule has 0 amide bonds. The number of rotatable bonds is 4. The largest absolute Gasteiger partial charge is 0.324 e. The van der Waals surface area contributed by atoms with Crippen molar-refractivity contribution in [3.63, 3.8) is 0 Å². The topological polar surface area (TPSA) is 26.0 Å². The molecule has 0 aliphatic rings. The lowest BCUT2D eigenvalue weighted by atomic mass is 9.97. The van der Waals surface area contributed by atoms with Crippen LogP contribution < -0.4 is 5.73 Å². The number of aryl methyl sites for hydroxylation is 1. The molecule has 15 heavy (non-hydrogen) atoms. The van der Waals surface area contributed by atoms with Gasteiger partial charge in [0, 0.05) is 11.1 Å². The maximum absolute atomic E-state index is 6.12. The fraction of sp³-hybridized carbons (Fsp3) is 0.538. The van der Waals surface area contributed by atoms with Crippen LogP contribution in [-0.2, 0) is 0 Å². The average Bonchev–Trinajstić information content (AvgIpc) is 2.12. The zero-order valence-electron chi connectivity index (χ0n) is 9.76. The summed E-state index contributed by atoms with van der Waals surface area (Å²) < 4.78 is 0. The lowest BCUT2D eigenvalue weighted by molar-refractivity contribution is 0.507. The third kappa shape index (κ3) is 4.23. The van der Waals surface area contributed by atoms with Crippen LogP contribution in [0, 0.1) is 12.8 Å². The molecule has 1 unspecified atom stereocenters. The normalized spacial score (nSPS) is 13.2. The van der Waals surface area contributed by atoms with Crippen molar-refractivity contribution >= 4 is 11.6 Å². The Balaban J connectivity index is 2.68. The van der Waals surface area contributed by atoms with Crippen molar-refractivity contribution in [1.82, 2.24) is 0 Å². The highest BCUT2D eigenvalue weighted by molar-refractivity contribution is 6.30. The van der Waals surface area contributed by atoms with E-state index in [1.807, 2.05) is 19.1 Å². The van der Waals surface area contributed by atoms with E-state index in [-0.39, 0.29) is 6.04 Å². The van der Waals surface area contributed by atoms with E-state index in [4.69, 9.17) is 17.3 Å². The zero-order valence-corrected chi connectivity index (χ0v) is 10.5. The fourth-order valence-electron chi connectivity index (χ4n) is 1.66. The van der Waals surface area contributed by atoms with Crippen LogP contribution in [0.4, 0.5) is 0 Å². The fourth-order valence-corrected chi connectivity index (χ4v) is 1.96. The molecule has 2 N–H and O–H groups in total. The standard InChI is InChI=1S/C13H20ClN/c1-9(2)4-5-13(15)11-6-10(3)7-12(14)8-11/h6-9,13H,4-5,15H2,1-3H3. The van der Waals surface area contributed by atoms with E-state index in [1.165, 1.54) is 5.56 Å². The Morgan fingerprint density at radius 2 is 1.87 bits per heavy atom. The minimum absolute atomic E-state index is 0.116. The average molecular weight is 226 g/mol. The molecule has 0 saturated carbocycles. The van der Waals surface area contributed by atoms with Crippen LogP contribution in [0.25, 0.3) is 0 Å². The Bertz CT molecular complexity index is 300. The van der Waals surface area contributed by atoms with E-state index in [2.05, 4.69) is 19.9 Å². The van der Waals surface area contributed by atoms with Crippen molar-refractivity contribution in [2.45, 2.75) is 39.7 Å². The molecule has 0 radical (unpaired) electrons. The van der Waals surface area contributed by atoms with E-state index >= 15 is 0 Å². The summed E-state index contributed by atoms with van der Waals surface area (Å²) in [5.41, 5.74) is 8.45. The van der Waals surface area contributed by atoms with Crippen molar-refractivity contribution in [1.29, 1.82) is 0 Å². The van der Waals surface area contributed by atoms with Gasteiger partial charge in [-0.3, -0.25) is 0 Å². The smallest absolute Gasteiger partial charge is 0.0411 e. The van der Waals surface area contributed by atoms with Crippen molar-refractivity contribution in [3.8, 4) is 0 Å². The minimum Gasteiger partial charge on any atom is -0.324 e. The maximum Gasteiger partial charge on any atom is 0.0411 e. The molecule has 0 aromatic heterocycles. The molecule has 1 aromatic rings. The van der Waals surface area contributed by atoms with Gasteiger partial charge in [-0.2, -0.15) is 0 Å². The summed E-state index contributed by atoms with van der Waals surface area (Å²) in [6, 6.07) is 6.17. The Morgan fingerprint density at radius 3 is 2.40 bits per heavy atom. The predicted octanol–water partition coefficient (Wildman–Crippen LogP) is 4.08. The van der Waals surface area contributed by atoms with Crippen molar-refractivity contribution in [2.75, 3.05) is 0 Å². The summed E-state index contributed by atoms with van der Waals surface area (Å²) in [6.45, 7) is 6.48. The molecule has 0 bridgehead atoms. The second-order valence-electron chi connectivity index (χ2n) is 4.64. The Kier molecular flexibility index (Phi) is 4.62. The molecule has 0 aliphatic carbocycles. The van der Waals surface area contributed by atoms with Gasteiger partial charge in [0.05, 0.1) is 0 Å². The van der Waals surface area contributed by atoms with E-state index in [0.717, 1.165) is 23.4 Å². The maximum atomic E-state index is 6.12. The molecule has 1 rings (SSSR count). The van der Waals surface area contributed by atoms with Gasteiger partial charge >= 0.3 is 0 Å². The van der Waals surface area contributed by atoms with Crippen LogP contribution in [0.1, 0.15) is 43.9 Å². The number of benzene rings is 1. The highest BCUT2D eigenvalue weighted by Crippen LogP contribution is 2.23. The van der Waals surface area contributed by atoms with Gasteiger partial charge < -0.3 is 5.73 Å². The Hall–Kier alpha value is -0.530. The zero-order chi connectivity index (χ0) is 11.4. The van der Waals surface area contributed by atoms with Crippen LogP contribution >= 0.6 is 11.6 Å². The lowest BCUT2D eigenvalue weighted by Crippen LogP contribution is -2.11. The van der Waals surface area contributed by atoms with Gasteiger partial charge in [0.25, 0.3) is 0 Å². The van der Waals surface area contributed by atoms with Crippen LogP contribution in [0.5, 0.6) is 0 Å². The first kappa shape index (κ1) is 12.5. The number of hydrogen-bond donors (Lipinski definition) is 1. The molecule has 1 aromatic carbocycles. The Morgan fingerprint density at radius 1 is 1.20 bits per heavy atom. The first-order valence-electron chi connectivity index (χ1n) is 5.51. The van der Waals surface area contributed by atoms with E-state index in [1.54, 1.807) is 0 Å². The molecular formula is C13H20ClN. The van der Waals surface area contributed by atoms with Gasteiger partial charge in [0.2, 0.25) is 0 Å². The van der Waals surface area contributed by atoms with Crippen molar-refractivity contribution < 1.29 is 0 Å². The first-order valence-corrected chi connectivity index (χ1v) is 5.89. The van der Waals surface area contributed by atoms with Gasteiger partial charge in [-0.1, -0.05) is 31.5 Å². The molecule has 0 saturated heterocycles. The van der Waals surface area contributed by atoms with Crippen LogP contribution in [0.2, 0.25) is 5.02 Å². The van der Waals surface area contributed by atoms with Crippen LogP contribution in [0.3, 0.4) is 0 Å². The number of halogens is 1. The van der Waals surface area contributed by atoms with E-state index in [9.17, 15) is 0 Å². The van der Waals surface area contributed by atoms with E-state index in [0.29, 0.717) is 5.92 Å². The van der Waals surface area contributed by atoms with Crippen molar-refractivity contribution in [2.24, 2.45) is 11.7 Å². The highest BCUT2D eigenvalue weighted by Gasteiger charge is 2.08. The summed E-state index contributed by atoms with van der Waals surface area (Å²) in [5.74, 6) is 0.705. The second-order valence-corrected chi connectivity index (χ2v) is 5.08. The SMILES string of the molecule is Cc1cc(Cl)cc(C(N)CCC(C)C)c1. The molecule has 0 heterocycles. The van der Waals surface area contributed by atoms with Crippen LogP contribution in [0.15, 0.2) is 18.2 Å². The minimum atomic E-state index is 0.116. The molecule has 0 aliphatic heterocycles. The lowest BCUT2D eigenvalue weighted by Gasteiger charge is -2.14. The molecule has 0 spiro atoms.